The Morgan fingerprint density at radius 1 is 1.41 bits per heavy atom. The maximum absolute atomic E-state index is 12.6. The molecule has 5 unspecified atom stereocenters. The number of hydrogen-bond donors (Lipinski definition) is 1. The number of fused-ring (bicyclic) bond motifs is 1. The minimum absolute atomic E-state index is 0.0678. The monoisotopic (exact) mass is 410 g/mol. The number of aromatic nitrogens is 3. The van der Waals surface area contributed by atoms with Crippen molar-refractivity contribution in [1.29, 1.82) is 0 Å². The maximum Gasteiger partial charge on any atom is 0.346 e. The third kappa shape index (κ3) is 3.70. The van der Waals surface area contributed by atoms with Gasteiger partial charge in [-0.1, -0.05) is 31.6 Å². The second-order valence-corrected chi connectivity index (χ2v) is 9.37. The SMILES string of the molecule is CC1CCC(C)C(OC(=O)C2OC(n3c(=O)sc4cnc(N)nc43)CS2)C1. The normalized spacial score (nSPS) is 31.3. The number of anilines is 1. The van der Waals surface area contributed by atoms with E-state index in [1.807, 2.05) is 0 Å². The zero-order chi connectivity index (χ0) is 19.1. The highest BCUT2D eigenvalue weighted by Gasteiger charge is 2.38. The lowest BCUT2D eigenvalue weighted by Gasteiger charge is -2.32. The molecular formula is C17H22N4O4S2. The lowest BCUT2D eigenvalue weighted by molar-refractivity contribution is -0.164. The smallest absolute Gasteiger partial charge is 0.346 e. The van der Waals surface area contributed by atoms with Gasteiger partial charge in [0.05, 0.1) is 10.9 Å². The lowest BCUT2D eigenvalue weighted by Crippen LogP contribution is -2.34. The quantitative estimate of drug-likeness (QED) is 0.768. The van der Waals surface area contributed by atoms with Crippen molar-refractivity contribution in [1.82, 2.24) is 14.5 Å². The molecule has 2 fully saturated rings. The van der Waals surface area contributed by atoms with Crippen LogP contribution in [0, 0.1) is 11.8 Å². The van der Waals surface area contributed by atoms with Gasteiger partial charge in [-0.2, -0.15) is 4.98 Å². The standard InChI is InChI=1S/C17H22N4O4S2/c1-8-3-4-9(2)10(5-8)24-14(22)15-25-12(7-26-15)21-13-11(27-17(21)23)6-19-16(18)20-13/h6,8-10,12,15H,3-5,7H2,1-2H3,(H2,18,19,20). The van der Waals surface area contributed by atoms with Crippen LogP contribution in [-0.2, 0) is 14.3 Å². The highest BCUT2D eigenvalue weighted by Crippen LogP contribution is 2.36. The van der Waals surface area contributed by atoms with Gasteiger partial charge in [0, 0.05) is 5.75 Å². The third-order valence-electron chi connectivity index (χ3n) is 5.18. The van der Waals surface area contributed by atoms with Gasteiger partial charge in [-0.15, -0.1) is 11.8 Å². The molecule has 0 bridgehead atoms. The number of carbonyl (C=O) groups is 1. The molecule has 0 aromatic carbocycles. The molecular weight excluding hydrogens is 388 g/mol. The molecule has 10 heteroatoms. The number of hydrogen-bond acceptors (Lipinski definition) is 9. The fourth-order valence-corrected chi connectivity index (χ4v) is 5.40. The largest absolute Gasteiger partial charge is 0.460 e. The molecule has 5 atom stereocenters. The van der Waals surface area contributed by atoms with Crippen LogP contribution in [0.4, 0.5) is 5.95 Å². The van der Waals surface area contributed by atoms with Gasteiger partial charge in [0.1, 0.15) is 6.10 Å². The molecule has 1 aliphatic heterocycles. The van der Waals surface area contributed by atoms with Crippen molar-refractivity contribution in [2.45, 2.75) is 50.9 Å². The first kappa shape index (κ1) is 18.7. The Labute approximate surface area is 164 Å². The molecule has 1 saturated heterocycles. The number of rotatable bonds is 3. The molecule has 1 saturated carbocycles. The summed E-state index contributed by atoms with van der Waals surface area (Å²) in [5.41, 5.74) is 5.35. The molecule has 2 N–H and O–H groups in total. The van der Waals surface area contributed by atoms with E-state index in [9.17, 15) is 9.59 Å². The van der Waals surface area contributed by atoms with Crippen LogP contribution in [0.3, 0.4) is 0 Å². The summed E-state index contributed by atoms with van der Waals surface area (Å²) in [4.78, 5) is 32.8. The van der Waals surface area contributed by atoms with Crippen molar-refractivity contribution >= 4 is 45.4 Å². The topological polar surface area (TPSA) is 109 Å². The molecule has 2 aromatic heterocycles. The van der Waals surface area contributed by atoms with Crippen LogP contribution < -0.4 is 10.6 Å². The van der Waals surface area contributed by atoms with E-state index in [1.165, 1.54) is 28.9 Å². The summed E-state index contributed by atoms with van der Waals surface area (Å²) in [6.45, 7) is 4.31. The van der Waals surface area contributed by atoms with E-state index in [-0.39, 0.29) is 22.9 Å². The van der Waals surface area contributed by atoms with Crippen LogP contribution in [0.25, 0.3) is 10.3 Å². The number of esters is 1. The molecule has 0 radical (unpaired) electrons. The van der Waals surface area contributed by atoms with Gasteiger partial charge in [0.15, 0.2) is 11.9 Å². The second-order valence-electron chi connectivity index (χ2n) is 7.28. The summed E-state index contributed by atoms with van der Waals surface area (Å²) >= 11 is 2.38. The highest BCUT2D eigenvalue weighted by atomic mass is 32.2. The Kier molecular flexibility index (Phi) is 5.13. The summed E-state index contributed by atoms with van der Waals surface area (Å²) in [7, 11) is 0. The number of thiazole rings is 1. The Morgan fingerprint density at radius 2 is 2.22 bits per heavy atom. The number of carbonyl (C=O) groups excluding carboxylic acids is 1. The molecule has 1 aliphatic carbocycles. The van der Waals surface area contributed by atoms with Crippen molar-refractivity contribution in [3.63, 3.8) is 0 Å². The van der Waals surface area contributed by atoms with E-state index in [4.69, 9.17) is 15.2 Å². The number of nitrogens with two attached hydrogens (primary N) is 1. The van der Waals surface area contributed by atoms with Crippen LogP contribution in [0.2, 0.25) is 0 Å². The molecule has 146 valence electrons. The van der Waals surface area contributed by atoms with Crippen molar-refractivity contribution in [2.24, 2.45) is 11.8 Å². The molecule has 4 rings (SSSR count). The van der Waals surface area contributed by atoms with Crippen molar-refractivity contribution in [3.8, 4) is 0 Å². The molecule has 2 aromatic rings. The van der Waals surface area contributed by atoms with E-state index in [2.05, 4.69) is 23.8 Å². The second kappa shape index (κ2) is 7.40. The van der Waals surface area contributed by atoms with Gasteiger partial charge < -0.3 is 15.2 Å². The lowest BCUT2D eigenvalue weighted by atomic mass is 9.82. The zero-order valence-corrected chi connectivity index (χ0v) is 16.8. The Bertz CT molecular complexity index is 914. The molecule has 0 amide bonds. The predicted octanol–water partition coefficient (Wildman–Crippen LogP) is 2.39. The van der Waals surface area contributed by atoms with Crippen LogP contribution in [0.1, 0.15) is 39.3 Å². The van der Waals surface area contributed by atoms with Crippen molar-refractivity contribution in [3.05, 3.63) is 15.9 Å². The van der Waals surface area contributed by atoms with Crippen LogP contribution in [-0.4, -0.2) is 37.8 Å². The predicted molar refractivity (Wildman–Crippen MR) is 105 cm³/mol. The summed E-state index contributed by atoms with van der Waals surface area (Å²) in [6, 6.07) is 0. The first-order valence-electron chi connectivity index (χ1n) is 9.03. The fourth-order valence-electron chi connectivity index (χ4n) is 3.60. The minimum Gasteiger partial charge on any atom is -0.460 e. The molecule has 8 nitrogen and oxygen atoms in total. The van der Waals surface area contributed by atoms with Crippen molar-refractivity contribution < 1.29 is 14.3 Å². The number of thioether (sulfide) groups is 1. The molecule has 2 aliphatic rings. The van der Waals surface area contributed by atoms with E-state index in [1.54, 1.807) is 0 Å². The molecule has 3 heterocycles. The summed E-state index contributed by atoms with van der Waals surface area (Å²) < 4.78 is 13.7. The minimum atomic E-state index is -0.736. The Hall–Kier alpha value is -1.65. The fraction of sp³-hybridized carbons (Fsp3) is 0.647. The van der Waals surface area contributed by atoms with E-state index in [0.717, 1.165) is 24.2 Å². The van der Waals surface area contributed by atoms with Gasteiger partial charge in [-0.3, -0.25) is 9.36 Å². The average molecular weight is 411 g/mol. The van der Waals surface area contributed by atoms with Crippen molar-refractivity contribution in [2.75, 3.05) is 11.5 Å². The average Bonchev–Trinajstić information content (AvgIpc) is 3.21. The number of nitrogens with zero attached hydrogens (tertiary/aromatic N) is 3. The Balaban J connectivity index is 1.47. The van der Waals surface area contributed by atoms with E-state index in [0.29, 0.717) is 27.9 Å². The third-order valence-corrected chi connectivity index (χ3v) is 7.14. The highest BCUT2D eigenvalue weighted by molar-refractivity contribution is 8.00. The van der Waals surface area contributed by atoms with E-state index < -0.39 is 11.7 Å². The maximum atomic E-state index is 12.6. The van der Waals surface area contributed by atoms with Crippen LogP contribution >= 0.6 is 23.1 Å². The van der Waals surface area contributed by atoms with Gasteiger partial charge in [-0.05, 0) is 24.7 Å². The molecule has 0 spiro atoms. The van der Waals surface area contributed by atoms with Gasteiger partial charge in [0.2, 0.25) is 11.4 Å². The summed E-state index contributed by atoms with van der Waals surface area (Å²) in [5.74, 6) is 1.11. The van der Waals surface area contributed by atoms with Crippen LogP contribution in [0.5, 0.6) is 0 Å². The first-order chi connectivity index (χ1) is 12.9. The van der Waals surface area contributed by atoms with Crippen LogP contribution in [0.15, 0.2) is 11.0 Å². The summed E-state index contributed by atoms with van der Waals surface area (Å²) in [5, 5.41) is 0. The number of nitrogen functional groups attached to an aromatic ring is 1. The van der Waals surface area contributed by atoms with Gasteiger partial charge in [-0.25, -0.2) is 9.78 Å². The summed E-state index contributed by atoms with van der Waals surface area (Å²) in [6.07, 6.45) is 4.01. The van der Waals surface area contributed by atoms with Gasteiger partial charge in [0.25, 0.3) is 0 Å². The zero-order valence-electron chi connectivity index (χ0n) is 15.2. The number of ether oxygens (including phenoxy) is 2. The first-order valence-corrected chi connectivity index (χ1v) is 10.9. The van der Waals surface area contributed by atoms with E-state index >= 15 is 0 Å². The Morgan fingerprint density at radius 3 is 3.04 bits per heavy atom. The molecule has 27 heavy (non-hydrogen) atoms. The van der Waals surface area contributed by atoms with Gasteiger partial charge >= 0.3 is 10.8 Å².